The molecule has 3 rings (SSSR count). The number of ether oxygens (including phenoxy) is 1. The lowest BCUT2D eigenvalue weighted by Gasteiger charge is -2.16. The molecule has 0 bridgehead atoms. The average Bonchev–Trinajstić information content (AvgIpc) is 3.15. The number of rotatable bonds is 9. The molecular formula is C24H31N3O. The molecule has 0 aliphatic carbocycles. The number of nitrogens with zero attached hydrogens (tertiary/aromatic N) is 2. The molecule has 0 fully saturated rings. The van der Waals surface area contributed by atoms with E-state index in [2.05, 4.69) is 67.2 Å². The summed E-state index contributed by atoms with van der Waals surface area (Å²) in [6.07, 6.45) is 4.36. The summed E-state index contributed by atoms with van der Waals surface area (Å²) in [6.45, 7) is 8.60. The molecule has 1 heterocycles. The van der Waals surface area contributed by atoms with Crippen molar-refractivity contribution in [3.05, 3.63) is 65.9 Å². The second-order valence-electron chi connectivity index (χ2n) is 7.72. The van der Waals surface area contributed by atoms with Gasteiger partial charge in [0.1, 0.15) is 11.5 Å². The van der Waals surface area contributed by atoms with Crippen molar-refractivity contribution >= 4 is 0 Å². The number of hydrogen-bond donors (Lipinski definition) is 1. The summed E-state index contributed by atoms with van der Waals surface area (Å²) in [4.78, 5) is 2.34. The lowest BCUT2D eigenvalue weighted by atomic mass is 10.0. The Morgan fingerprint density at radius 1 is 1.07 bits per heavy atom. The SMILES string of the molecule is CCCCN(C)Cc1cn[nH]c1-c1ccc(Oc2cccc(C(C)C)c2)cc1. The largest absolute Gasteiger partial charge is 0.457 e. The highest BCUT2D eigenvalue weighted by atomic mass is 16.5. The summed E-state index contributed by atoms with van der Waals surface area (Å²) in [6, 6.07) is 16.5. The molecule has 0 amide bonds. The summed E-state index contributed by atoms with van der Waals surface area (Å²) in [5.74, 6) is 2.20. The van der Waals surface area contributed by atoms with Gasteiger partial charge in [0.15, 0.2) is 0 Å². The minimum absolute atomic E-state index is 0.486. The molecule has 28 heavy (non-hydrogen) atoms. The van der Waals surface area contributed by atoms with Crippen LogP contribution in [-0.4, -0.2) is 28.7 Å². The molecule has 0 saturated heterocycles. The van der Waals surface area contributed by atoms with Crippen molar-refractivity contribution in [3.8, 4) is 22.8 Å². The van der Waals surface area contributed by atoms with Crippen molar-refractivity contribution in [1.82, 2.24) is 15.1 Å². The number of benzene rings is 2. The van der Waals surface area contributed by atoms with E-state index in [1.807, 2.05) is 30.5 Å². The van der Waals surface area contributed by atoms with Gasteiger partial charge in [-0.05, 0) is 67.9 Å². The van der Waals surface area contributed by atoms with Gasteiger partial charge in [-0.3, -0.25) is 5.10 Å². The van der Waals surface area contributed by atoms with Crippen LogP contribution in [0, 0.1) is 0 Å². The van der Waals surface area contributed by atoms with Crippen molar-refractivity contribution < 1.29 is 4.74 Å². The Labute approximate surface area is 168 Å². The van der Waals surface area contributed by atoms with E-state index in [1.165, 1.54) is 24.0 Å². The molecule has 0 atom stereocenters. The molecule has 0 spiro atoms. The fourth-order valence-corrected chi connectivity index (χ4v) is 3.24. The summed E-state index contributed by atoms with van der Waals surface area (Å²) in [5.41, 5.74) is 4.71. The van der Waals surface area contributed by atoms with E-state index in [9.17, 15) is 0 Å². The van der Waals surface area contributed by atoms with Gasteiger partial charge in [-0.2, -0.15) is 5.10 Å². The van der Waals surface area contributed by atoms with E-state index in [0.717, 1.165) is 35.8 Å². The van der Waals surface area contributed by atoms with E-state index in [-0.39, 0.29) is 0 Å². The van der Waals surface area contributed by atoms with Crippen LogP contribution in [0.4, 0.5) is 0 Å². The Kier molecular flexibility index (Phi) is 6.88. The molecule has 1 N–H and O–H groups in total. The predicted molar refractivity (Wildman–Crippen MR) is 116 cm³/mol. The number of H-pyrrole nitrogens is 1. The number of aromatic amines is 1. The second kappa shape index (κ2) is 9.56. The molecule has 4 heteroatoms. The van der Waals surface area contributed by atoms with E-state index in [1.54, 1.807) is 0 Å². The van der Waals surface area contributed by atoms with Crippen LogP contribution in [0.15, 0.2) is 54.7 Å². The zero-order chi connectivity index (χ0) is 19.9. The summed E-state index contributed by atoms with van der Waals surface area (Å²) in [5, 5.41) is 7.42. The molecule has 0 unspecified atom stereocenters. The zero-order valence-corrected chi connectivity index (χ0v) is 17.4. The first-order valence-electron chi connectivity index (χ1n) is 10.2. The van der Waals surface area contributed by atoms with E-state index >= 15 is 0 Å². The third-order valence-electron chi connectivity index (χ3n) is 4.95. The van der Waals surface area contributed by atoms with Crippen LogP contribution in [-0.2, 0) is 6.54 Å². The first-order valence-corrected chi connectivity index (χ1v) is 10.2. The van der Waals surface area contributed by atoms with Gasteiger partial charge >= 0.3 is 0 Å². The first-order chi connectivity index (χ1) is 13.6. The van der Waals surface area contributed by atoms with E-state index < -0.39 is 0 Å². The number of hydrogen-bond acceptors (Lipinski definition) is 3. The zero-order valence-electron chi connectivity index (χ0n) is 17.4. The molecule has 0 radical (unpaired) electrons. The molecule has 0 aliphatic rings. The summed E-state index contributed by atoms with van der Waals surface area (Å²) >= 11 is 0. The Bertz CT molecular complexity index is 868. The summed E-state index contributed by atoms with van der Waals surface area (Å²) < 4.78 is 6.05. The van der Waals surface area contributed by atoms with E-state index in [0.29, 0.717) is 5.92 Å². The third kappa shape index (κ3) is 5.23. The standard InChI is InChI=1S/C24H31N3O/c1-5-6-14-27(4)17-21-16-25-26-24(21)19-10-12-22(13-11-19)28-23-9-7-8-20(15-23)18(2)3/h7-13,15-16,18H,5-6,14,17H2,1-4H3,(H,25,26). The topological polar surface area (TPSA) is 41.2 Å². The lowest BCUT2D eigenvalue weighted by molar-refractivity contribution is 0.321. The van der Waals surface area contributed by atoms with Gasteiger partial charge in [-0.25, -0.2) is 0 Å². The van der Waals surface area contributed by atoms with Gasteiger partial charge in [0.05, 0.1) is 11.9 Å². The molecule has 0 saturated carbocycles. The maximum Gasteiger partial charge on any atom is 0.127 e. The van der Waals surface area contributed by atoms with Gasteiger partial charge in [0, 0.05) is 17.7 Å². The molecule has 148 valence electrons. The minimum atomic E-state index is 0.486. The molecular weight excluding hydrogens is 346 g/mol. The minimum Gasteiger partial charge on any atom is -0.457 e. The summed E-state index contributed by atoms with van der Waals surface area (Å²) in [7, 11) is 2.16. The second-order valence-corrected chi connectivity index (χ2v) is 7.72. The van der Waals surface area contributed by atoms with Crippen molar-refractivity contribution in [2.45, 2.75) is 46.1 Å². The smallest absolute Gasteiger partial charge is 0.127 e. The van der Waals surface area contributed by atoms with Crippen LogP contribution < -0.4 is 4.74 Å². The molecule has 2 aromatic carbocycles. The highest BCUT2D eigenvalue weighted by Gasteiger charge is 2.10. The molecule has 1 aromatic heterocycles. The van der Waals surface area contributed by atoms with Gasteiger partial charge in [-0.15, -0.1) is 0 Å². The number of unbranched alkanes of at least 4 members (excludes halogenated alkanes) is 1. The van der Waals surface area contributed by atoms with Crippen molar-refractivity contribution in [1.29, 1.82) is 0 Å². The molecule has 4 nitrogen and oxygen atoms in total. The average molecular weight is 378 g/mol. The highest BCUT2D eigenvalue weighted by Crippen LogP contribution is 2.28. The van der Waals surface area contributed by atoms with Gasteiger partial charge < -0.3 is 9.64 Å². The monoisotopic (exact) mass is 377 g/mol. The predicted octanol–water partition coefficient (Wildman–Crippen LogP) is 6.22. The number of nitrogens with one attached hydrogen (secondary N) is 1. The lowest BCUT2D eigenvalue weighted by Crippen LogP contribution is -2.19. The van der Waals surface area contributed by atoms with Crippen LogP contribution in [0.2, 0.25) is 0 Å². The van der Waals surface area contributed by atoms with Crippen LogP contribution in [0.25, 0.3) is 11.3 Å². The third-order valence-corrected chi connectivity index (χ3v) is 4.95. The van der Waals surface area contributed by atoms with Gasteiger partial charge in [0.25, 0.3) is 0 Å². The van der Waals surface area contributed by atoms with Gasteiger partial charge in [-0.1, -0.05) is 39.3 Å². The van der Waals surface area contributed by atoms with E-state index in [4.69, 9.17) is 4.74 Å². The Morgan fingerprint density at radius 3 is 2.57 bits per heavy atom. The fourth-order valence-electron chi connectivity index (χ4n) is 3.24. The Morgan fingerprint density at radius 2 is 1.86 bits per heavy atom. The molecule has 0 aliphatic heterocycles. The van der Waals surface area contributed by atoms with Crippen LogP contribution in [0.1, 0.15) is 50.7 Å². The first kappa shape index (κ1) is 20.2. The fraction of sp³-hybridized carbons (Fsp3) is 0.375. The van der Waals surface area contributed by atoms with Crippen molar-refractivity contribution in [2.75, 3.05) is 13.6 Å². The Hall–Kier alpha value is -2.59. The maximum absolute atomic E-state index is 6.05. The number of aromatic nitrogens is 2. The van der Waals surface area contributed by atoms with Crippen molar-refractivity contribution in [2.24, 2.45) is 0 Å². The molecule has 3 aromatic rings. The van der Waals surface area contributed by atoms with Crippen molar-refractivity contribution in [3.63, 3.8) is 0 Å². The van der Waals surface area contributed by atoms with Gasteiger partial charge in [0.2, 0.25) is 0 Å². The van der Waals surface area contributed by atoms with Crippen LogP contribution in [0.3, 0.4) is 0 Å². The highest BCUT2D eigenvalue weighted by molar-refractivity contribution is 5.63. The quantitative estimate of drug-likeness (QED) is 0.481. The Balaban J connectivity index is 1.70. The van der Waals surface area contributed by atoms with Crippen LogP contribution in [0.5, 0.6) is 11.5 Å². The van der Waals surface area contributed by atoms with Crippen LogP contribution >= 0.6 is 0 Å². The maximum atomic E-state index is 6.05. The normalized spacial score (nSPS) is 11.4.